The zero-order valence-corrected chi connectivity index (χ0v) is 12.9. The molecule has 100 valence electrons. The van der Waals surface area contributed by atoms with Crippen molar-refractivity contribution in [1.29, 1.82) is 0 Å². The molecule has 1 heterocycles. The van der Waals surface area contributed by atoms with E-state index in [0.29, 0.717) is 12.6 Å². The van der Waals surface area contributed by atoms with Crippen molar-refractivity contribution in [1.82, 2.24) is 4.90 Å². The van der Waals surface area contributed by atoms with Crippen LogP contribution < -0.4 is 10.6 Å². The van der Waals surface area contributed by atoms with Gasteiger partial charge in [0.25, 0.3) is 0 Å². The van der Waals surface area contributed by atoms with E-state index >= 15 is 0 Å². The number of piperazine rings is 1. The Hall–Kier alpha value is -0.580. The quantitative estimate of drug-likeness (QED) is 0.909. The summed E-state index contributed by atoms with van der Waals surface area (Å²) in [7, 11) is 2.18. The highest BCUT2D eigenvalue weighted by Gasteiger charge is 2.36. The second kappa shape index (κ2) is 5.19. The first kappa shape index (κ1) is 13.8. The van der Waals surface area contributed by atoms with E-state index in [1.165, 1.54) is 5.69 Å². The van der Waals surface area contributed by atoms with Crippen LogP contribution >= 0.6 is 15.9 Å². The maximum absolute atomic E-state index is 5.95. The predicted molar refractivity (Wildman–Crippen MR) is 81.0 cm³/mol. The molecule has 1 unspecified atom stereocenters. The number of nitrogens with two attached hydrogens (primary N) is 1. The van der Waals surface area contributed by atoms with Gasteiger partial charge in [-0.2, -0.15) is 0 Å². The van der Waals surface area contributed by atoms with Crippen LogP contribution in [0.25, 0.3) is 0 Å². The molecule has 0 aromatic heterocycles. The van der Waals surface area contributed by atoms with Crippen molar-refractivity contribution >= 4 is 21.6 Å². The fourth-order valence-corrected chi connectivity index (χ4v) is 3.01. The molecule has 1 aliphatic rings. The summed E-state index contributed by atoms with van der Waals surface area (Å²) < 4.78 is 1.14. The molecule has 1 saturated heterocycles. The van der Waals surface area contributed by atoms with Gasteiger partial charge in [0.1, 0.15) is 0 Å². The van der Waals surface area contributed by atoms with Gasteiger partial charge in [0.2, 0.25) is 0 Å². The number of nitrogens with zero attached hydrogens (tertiary/aromatic N) is 2. The molecule has 4 heteroatoms. The van der Waals surface area contributed by atoms with Crippen molar-refractivity contribution in [2.24, 2.45) is 5.73 Å². The van der Waals surface area contributed by atoms with E-state index in [0.717, 1.165) is 17.6 Å². The van der Waals surface area contributed by atoms with Gasteiger partial charge in [-0.1, -0.05) is 12.1 Å². The average molecular weight is 312 g/mol. The standard InChI is InChI=1S/C14H22BrN3/c1-14(2)10-18(11(8-16)9-17(14)3)13-7-5-4-6-12(13)15/h4-7,11H,8-10,16H2,1-3H3. The van der Waals surface area contributed by atoms with Gasteiger partial charge in [0.05, 0.1) is 11.7 Å². The Bertz CT molecular complexity index is 419. The number of likely N-dealkylation sites (N-methyl/N-ethyl adjacent to an activating group) is 1. The van der Waals surface area contributed by atoms with Crippen LogP contribution in [0.5, 0.6) is 0 Å². The number of benzene rings is 1. The van der Waals surface area contributed by atoms with Crippen LogP contribution in [-0.2, 0) is 0 Å². The van der Waals surface area contributed by atoms with Crippen LogP contribution in [0.15, 0.2) is 28.7 Å². The molecule has 2 rings (SSSR count). The molecule has 0 radical (unpaired) electrons. The normalized spacial score (nSPS) is 24.3. The molecule has 1 aliphatic heterocycles. The van der Waals surface area contributed by atoms with Gasteiger partial charge in [-0.25, -0.2) is 0 Å². The molecule has 0 spiro atoms. The Morgan fingerprint density at radius 1 is 1.39 bits per heavy atom. The summed E-state index contributed by atoms with van der Waals surface area (Å²) >= 11 is 3.65. The van der Waals surface area contributed by atoms with Crippen LogP contribution in [0.3, 0.4) is 0 Å². The largest absolute Gasteiger partial charge is 0.363 e. The number of anilines is 1. The van der Waals surface area contributed by atoms with Crippen LogP contribution in [0.1, 0.15) is 13.8 Å². The van der Waals surface area contributed by atoms with Gasteiger partial charge < -0.3 is 10.6 Å². The maximum Gasteiger partial charge on any atom is 0.0540 e. The summed E-state index contributed by atoms with van der Waals surface area (Å²) in [6.45, 7) is 7.24. The van der Waals surface area contributed by atoms with Gasteiger partial charge in [0.15, 0.2) is 0 Å². The summed E-state index contributed by atoms with van der Waals surface area (Å²) in [4.78, 5) is 4.84. The molecule has 3 nitrogen and oxygen atoms in total. The number of para-hydroxylation sites is 1. The second-order valence-electron chi connectivity index (χ2n) is 5.66. The van der Waals surface area contributed by atoms with Crippen LogP contribution in [0.4, 0.5) is 5.69 Å². The molecule has 0 saturated carbocycles. The molecule has 1 atom stereocenters. The Labute approximate surface area is 118 Å². The van der Waals surface area contributed by atoms with Crippen LogP contribution in [0, 0.1) is 0 Å². The third-order valence-corrected chi connectivity index (χ3v) is 4.62. The molecule has 2 N–H and O–H groups in total. The smallest absolute Gasteiger partial charge is 0.0540 e. The highest BCUT2D eigenvalue weighted by atomic mass is 79.9. The van der Waals surface area contributed by atoms with Gasteiger partial charge in [0, 0.05) is 29.6 Å². The molecule has 1 aromatic carbocycles. The SMILES string of the molecule is CN1CC(CN)N(c2ccccc2Br)CC1(C)C. The molecule has 0 bridgehead atoms. The lowest BCUT2D eigenvalue weighted by atomic mass is 9.95. The number of rotatable bonds is 2. The van der Waals surface area contributed by atoms with Crippen molar-refractivity contribution in [3.05, 3.63) is 28.7 Å². The Kier molecular flexibility index (Phi) is 3.99. The van der Waals surface area contributed by atoms with E-state index in [4.69, 9.17) is 5.73 Å². The minimum Gasteiger partial charge on any atom is -0.363 e. The number of halogens is 1. The fraction of sp³-hybridized carbons (Fsp3) is 0.571. The Morgan fingerprint density at radius 2 is 2.06 bits per heavy atom. The summed E-state index contributed by atoms with van der Waals surface area (Å²) in [5.74, 6) is 0. The summed E-state index contributed by atoms with van der Waals surface area (Å²) in [6, 6.07) is 8.76. The summed E-state index contributed by atoms with van der Waals surface area (Å²) in [5, 5.41) is 0. The minimum atomic E-state index is 0.168. The van der Waals surface area contributed by atoms with Crippen molar-refractivity contribution in [3.8, 4) is 0 Å². The summed E-state index contributed by atoms with van der Waals surface area (Å²) in [6.07, 6.45) is 0. The van der Waals surface area contributed by atoms with Crippen molar-refractivity contribution < 1.29 is 0 Å². The average Bonchev–Trinajstić information content (AvgIpc) is 2.33. The van der Waals surface area contributed by atoms with E-state index in [2.05, 4.69) is 64.8 Å². The zero-order chi connectivity index (χ0) is 13.3. The molecular formula is C14H22BrN3. The highest BCUT2D eigenvalue weighted by molar-refractivity contribution is 9.10. The minimum absolute atomic E-state index is 0.168. The molecule has 1 aromatic rings. The fourth-order valence-electron chi connectivity index (χ4n) is 2.50. The monoisotopic (exact) mass is 311 g/mol. The molecule has 1 fully saturated rings. The van der Waals surface area contributed by atoms with Gasteiger partial charge in [-0.15, -0.1) is 0 Å². The van der Waals surface area contributed by atoms with Gasteiger partial charge in [-0.3, -0.25) is 4.90 Å². The second-order valence-corrected chi connectivity index (χ2v) is 6.52. The lowest BCUT2D eigenvalue weighted by Crippen LogP contribution is -2.64. The first-order chi connectivity index (χ1) is 8.45. The summed E-state index contributed by atoms with van der Waals surface area (Å²) in [5.41, 5.74) is 7.36. The van der Waals surface area contributed by atoms with Crippen LogP contribution in [0.2, 0.25) is 0 Å². The van der Waals surface area contributed by atoms with E-state index in [9.17, 15) is 0 Å². The van der Waals surface area contributed by atoms with E-state index < -0.39 is 0 Å². The van der Waals surface area contributed by atoms with E-state index in [1.807, 2.05) is 6.07 Å². The van der Waals surface area contributed by atoms with Crippen LogP contribution in [-0.4, -0.2) is 43.2 Å². The van der Waals surface area contributed by atoms with Gasteiger partial charge >= 0.3 is 0 Å². The zero-order valence-electron chi connectivity index (χ0n) is 11.4. The van der Waals surface area contributed by atoms with Crippen molar-refractivity contribution in [3.63, 3.8) is 0 Å². The molecular weight excluding hydrogens is 290 g/mol. The number of hydrogen-bond donors (Lipinski definition) is 1. The lowest BCUT2D eigenvalue weighted by Gasteiger charge is -2.50. The van der Waals surface area contributed by atoms with Crippen molar-refractivity contribution in [2.45, 2.75) is 25.4 Å². The topological polar surface area (TPSA) is 32.5 Å². The third kappa shape index (κ3) is 2.56. The first-order valence-electron chi connectivity index (χ1n) is 6.38. The Morgan fingerprint density at radius 3 is 2.67 bits per heavy atom. The van der Waals surface area contributed by atoms with Crippen molar-refractivity contribution in [2.75, 3.05) is 31.6 Å². The third-order valence-electron chi connectivity index (χ3n) is 3.95. The Balaban J connectivity index is 2.33. The van der Waals surface area contributed by atoms with E-state index in [-0.39, 0.29) is 5.54 Å². The van der Waals surface area contributed by atoms with E-state index in [1.54, 1.807) is 0 Å². The van der Waals surface area contributed by atoms with Gasteiger partial charge in [-0.05, 0) is 49.0 Å². The molecule has 18 heavy (non-hydrogen) atoms. The first-order valence-corrected chi connectivity index (χ1v) is 7.17. The molecule has 0 aliphatic carbocycles. The maximum atomic E-state index is 5.95. The number of hydrogen-bond acceptors (Lipinski definition) is 3. The predicted octanol–water partition coefficient (Wildman–Crippen LogP) is 2.31. The highest BCUT2D eigenvalue weighted by Crippen LogP contribution is 2.32. The lowest BCUT2D eigenvalue weighted by molar-refractivity contribution is 0.116. The molecule has 0 amide bonds.